The second kappa shape index (κ2) is 8.02. The minimum Gasteiger partial charge on any atom is -0.437 e. The molecule has 146 valence electrons. The highest BCUT2D eigenvalue weighted by Gasteiger charge is 2.15. The van der Waals surface area contributed by atoms with Crippen LogP contribution in [0.25, 0.3) is 5.65 Å². The SMILES string of the molecule is CCN(C=O)c1cccnc1N(C)c1ccc(Oc2cn3ccccc3n2)cc1. The number of ether oxygens (including phenoxy) is 1. The zero-order valence-corrected chi connectivity index (χ0v) is 16.3. The number of aromatic nitrogens is 3. The summed E-state index contributed by atoms with van der Waals surface area (Å²) in [6, 6.07) is 17.2. The van der Waals surface area contributed by atoms with Crippen LogP contribution in [0, 0.1) is 0 Å². The van der Waals surface area contributed by atoms with Crippen LogP contribution in [0.3, 0.4) is 0 Å². The Bertz CT molecular complexity index is 1090. The number of nitrogens with zero attached hydrogens (tertiary/aromatic N) is 5. The Morgan fingerprint density at radius 2 is 1.93 bits per heavy atom. The van der Waals surface area contributed by atoms with Crippen LogP contribution in [0.5, 0.6) is 11.6 Å². The number of carbonyl (C=O) groups is 1. The van der Waals surface area contributed by atoms with Gasteiger partial charge in [-0.15, -0.1) is 0 Å². The fourth-order valence-corrected chi connectivity index (χ4v) is 3.11. The van der Waals surface area contributed by atoms with Gasteiger partial charge in [0.1, 0.15) is 11.4 Å². The van der Waals surface area contributed by atoms with Crippen molar-refractivity contribution in [3.05, 3.63) is 73.2 Å². The molecule has 3 aromatic heterocycles. The number of fused-ring (bicyclic) bond motifs is 1. The Morgan fingerprint density at radius 3 is 2.66 bits per heavy atom. The molecule has 1 aromatic carbocycles. The first-order chi connectivity index (χ1) is 14.2. The Labute approximate surface area is 168 Å². The zero-order chi connectivity index (χ0) is 20.2. The van der Waals surface area contributed by atoms with Gasteiger partial charge in [-0.1, -0.05) is 6.07 Å². The molecule has 1 amide bonds. The average Bonchev–Trinajstić information content (AvgIpc) is 3.17. The van der Waals surface area contributed by atoms with E-state index in [1.807, 2.05) is 90.3 Å². The van der Waals surface area contributed by atoms with Gasteiger partial charge < -0.3 is 18.9 Å². The van der Waals surface area contributed by atoms with Gasteiger partial charge in [-0.25, -0.2) is 4.98 Å². The highest BCUT2D eigenvalue weighted by Crippen LogP contribution is 2.32. The van der Waals surface area contributed by atoms with Gasteiger partial charge in [0.25, 0.3) is 0 Å². The molecule has 0 unspecified atom stereocenters. The van der Waals surface area contributed by atoms with Crippen molar-refractivity contribution in [3.8, 4) is 11.6 Å². The molecule has 0 aliphatic heterocycles. The van der Waals surface area contributed by atoms with E-state index < -0.39 is 0 Å². The van der Waals surface area contributed by atoms with Crippen LogP contribution in [0.15, 0.2) is 73.2 Å². The maximum absolute atomic E-state index is 11.4. The molecule has 4 rings (SSSR count). The van der Waals surface area contributed by atoms with Crippen molar-refractivity contribution in [2.75, 3.05) is 23.4 Å². The Kier molecular flexibility index (Phi) is 5.11. The Balaban J connectivity index is 1.55. The molecule has 7 nitrogen and oxygen atoms in total. The first-order valence-corrected chi connectivity index (χ1v) is 9.32. The summed E-state index contributed by atoms with van der Waals surface area (Å²) in [5, 5.41) is 0. The van der Waals surface area contributed by atoms with Crippen LogP contribution >= 0.6 is 0 Å². The minimum absolute atomic E-state index is 0.536. The third-order valence-electron chi connectivity index (χ3n) is 4.65. The number of carbonyl (C=O) groups excluding carboxylic acids is 1. The molecule has 3 heterocycles. The number of amides is 1. The predicted molar refractivity (Wildman–Crippen MR) is 113 cm³/mol. The summed E-state index contributed by atoms with van der Waals surface area (Å²) in [6.45, 7) is 2.50. The quantitative estimate of drug-likeness (QED) is 0.443. The first-order valence-electron chi connectivity index (χ1n) is 9.32. The van der Waals surface area contributed by atoms with Gasteiger partial charge in [0.15, 0.2) is 5.82 Å². The summed E-state index contributed by atoms with van der Waals surface area (Å²) in [5.74, 6) is 1.93. The minimum atomic E-state index is 0.536. The van der Waals surface area contributed by atoms with Crippen LogP contribution in [0.4, 0.5) is 17.2 Å². The number of pyridine rings is 2. The molecule has 0 aliphatic rings. The summed E-state index contributed by atoms with van der Waals surface area (Å²) in [6.07, 6.45) is 6.31. The van der Waals surface area contributed by atoms with Crippen LogP contribution in [0.1, 0.15) is 6.92 Å². The molecule has 0 radical (unpaired) electrons. The number of hydrogen-bond donors (Lipinski definition) is 0. The second-order valence-corrected chi connectivity index (χ2v) is 6.44. The number of anilines is 3. The number of benzene rings is 1. The lowest BCUT2D eigenvalue weighted by Gasteiger charge is -2.25. The van der Waals surface area contributed by atoms with Gasteiger partial charge in [0.05, 0.1) is 11.9 Å². The molecular formula is C22H21N5O2. The molecule has 0 spiro atoms. The molecule has 29 heavy (non-hydrogen) atoms. The zero-order valence-electron chi connectivity index (χ0n) is 16.3. The number of hydrogen-bond acceptors (Lipinski definition) is 5. The monoisotopic (exact) mass is 387 g/mol. The molecular weight excluding hydrogens is 366 g/mol. The van der Waals surface area contributed by atoms with Crippen LogP contribution in [-0.4, -0.2) is 34.4 Å². The van der Waals surface area contributed by atoms with Crippen LogP contribution < -0.4 is 14.5 Å². The maximum Gasteiger partial charge on any atom is 0.238 e. The summed E-state index contributed by atoms with van der Waals surface area (Å²) in [7, 11) is 1.92. The normalized spacial score (nSPS) is 10.7. The third kappa shape index (κ3) is 3.75. The smallest absolute Gasteiger partial charge is 0.238 e. The van der Waals surface area contributed by atoms with E-state index >= 15 is 0 Å². The molecule has 0 N–H and O–H groups in total. The van der Waals surface area contributed by atoms with Crippen molar-refractivity contribution < 1.29 is 9.53 Å². The van der Waals surface area contributed by atoms with E-state index in [9.17, 15) is 4.79 Å². The lowest BCUT2D eigenvalue weighted by molar-refractivity contribution is -0.107. The Morgan fingerprint density at radius 1 is 1.10 bits per heavy atom. The van der Waals surface area contributed by atoms with E-state index in [2.05, 4.69) is 9.97 Å². The average molecular weight is 387 g/mol. The van der Waals surface area contributed by atoms with E-state index in [1.165, 1.54) is 0 Å². The molecule has 7 heteroatoms. The van der Waals surface area contributed by atoms with Crippen molar-refractivity contribution in [2.24, 2.45) is 0 Å². The van der Waals surface area contributed by atoms with Crippen molar-refractivity contribution in [2.45, 2.75) is 6.92 Å². The second-order valence-electron chi connectivity index (χ2n) is 6.44. The summed E-state index contributed by atoms with van der Waals surface area (Å²) < 4.78 is 7.79. The van der Waals surface area contributed by atoms with E-state index in [4.69, 9.17) is 4.74 Å². The fraction of sp³-hybridized carbons (Fsp3) is 0.136. The lowest BCUT2D eigenvalue weighted by atomic mass is 10.2. The fourth-order valence-electron chi connectivity index (χ4n) is 3.11. The molecule has 0 saturated heterocycles. The predicted octanol–water partition coefficient (Wildman–Crippen LogP) is 4.27. The molecule has 0 saturated carbocycles. The van der Waals surface area contributed by atoms with Crippen molar-refractivity contribution in [1.82, 2.24) is 14.4 Å². The number of rotatable bonds is 7. The topological polar surface area (TPSA) is 63.0 Å². The van der Waals surface area contributed by atoms with Gasteiger partial charge in [0, 0.05) is 31.7 Å². The first kappa shape index (κ1) is 18.5. The van der Waals surface area contributed by atoms with Gasteiger partial charge in [-0.2, -0.15) is 4.98 Å². The maximum atomic E-state index is 11.4. The van der Waals surface area contributed by atoms with E-state index in [-0.39, 0.29) is 0 Å². The molecule has 0 bridgehead atoms. The largest absolute Gasteiger partial charge is 0.437 e. The van der Waals surface area contributed by atoms with Gasteiger partial charge in [0.2, 0.25) is 12.3 Å². The number of imidazole rings is 1. The lowest BCUT2D eigenvalue weighted by Crippen LogP contribution is -2.23. The molecule has 4 aromatic rings. The summed E-state index contributed by atoms with van der Waals surface area (Å²) in [4.78, 5) is 23.9. The standard InChI is InChI=1S/C22H21N5O2/c1-3-26(16-28)19-7-6-13-23-22(19)25(2)17-9-11-18(12-10-17)29-21-15-27-14-5-4-8-20(27)24-21/h4-16H,3H2,1-2H3. The molecule has 0 atom stereocenters. The van der Waals surface area contributed by atoms with Gasteiger partial charge in [-0.05, 0) is 55.5 Å². The van der Waals surface area contributed by atoms with Crippen molar-refractivity contribution in [3.63, 3.8) is 0 Å². The van der Waals surface area contributed by atoms with Crippen molar-refractivity contribution in [1.29, 1.82) is 0 Å². The van der Waals surface area contributed by atoms with Gasteiger partial charge in [-0.3, -0.25) is 4.79 Å². The third-order valence-corrected chi connectivity index (χ3v) is 4.65. The highest BCUT2D eigenvalue weighted by molar-refractivity contribution is 5.84. The van der Waals surface area contributed by atoms with Crippen LogP contribution in [0.2, 0.25) is 0 Å². The highest BCUT2D eigenvalue weighted by atomic mass is 16.5. The Hall–Kier alpha value is -3.87. The van der Waals surface area contributed by atoms with E-state index in [1.54, 1.807) is 11.1 Å². The van der Waals surface area contributed by atoms with Crippen molar-refractivity contribution >= 4 is 29.2 Å². The van der Waals surface area contributed by atoms with E-state index in [0.717, 1.165) is 23.4 Å². The molecule has 0 fully saturated rings. The summed E-state index contributed by atoms with van der Waals surface area (Å²) >= 11 is 0. The van der Waals surface area contributed by atoms with E-state index in [0.29, 0.717) is 24.0 Å². The molecule has 0 aliphatic carbocycles. The van der Waals surface area contributed by atoms with Crippen LogP contribution in [-0.2, 0) is 4.79 Å². The summed E-state index contributed by atoms with van der Waals surface area (Å²) in [5.41, 5.74) is 2.52. The van der Waals surface area contributed by atoms with Gasteiger partial charge >= 0.3 is 0 Å².